The molecule has 0 aromatic carbocycles. The van der Waals surface area contributed by atoms with Gasteiger partial charge in [-0.05, 0) is 0 Å². The van der Waals surface area contributed by atoms with Crippen molar-refractivity contribution < 1.29 is 9.47 Å². The van der Waals surface area contributed by atoms with Crippen molar-refractivity contribution in [2.75, 3.05) is 20.0 Å². The Morgan fingerprint density at radius 1 is 1.28 bits per heavy atom. The Hall–Kier alpha value is -2.99. The molecule has 0 radical (unpaired) electrons. The van der Waals surface area contributed by atoms with Gasteiger partial charge in [-0.3, -0.25) is 13.9 Å². The summed E-state index contributed by atoms with van der Waals surface area (Å²) in [6.07, 6.45) is -0.562. The van der Waals surface area contributed by atoms with Crippen molar-refractivity contribution in [1.29, 1.82) is 0 Å². The molecule has 0 fully saturated rings. The average Bonchev–Trinajstić information content (AvgIpc) is 2.96. The largest absolute Gasteiger partial charge is 0.382 e. The minimum Gasteiger partial charge on any atom is -0.382 e. The summed E-state index contributed by atoms with van der Waals surface area (Å²) in [4.78, 5) is 27.7. The molecule has 0 unspecified atom stereocenters. The fourth-order valence-corrected chi connectivity index (χ4v) is 2.03. The lowest BCUT2D eigenvalue weighted by Crippen LogP contribution is -2.36. The Balaban J connectivity index is 2.41. The normalized spacial score (nSPS) is 12.1. The first-order valence-electron chi connectivity index (χ1n) is 7.16. The van der Waals surface area contributed by atoms with Gasteiger partial charge in [-0.15, -0.1) is 5.10 Å². The van der Waals surface area contributed by atoms with Gasteiger partial charge in [0.1, 0.15) is 5.82 Å². The van der Waals surface area contributed by atoms with Crippen LogP contribution in [0.25, 0.3) is 0 Å². The predicted molar refractivity (Wildman–Crippen MR) is 89.5 cm³/mol. The van der Waals surface area contributed by atoms with E-state index in [1.165, 1.54) is 43.6 Å². The minimum absolute atomic E-state index is 0.0752. The molecule has 0 aliphatic carbocycles. The lowest BCUT2D eigenvalue weighted by atomic mass is 10.4. The molecule has 136 valence electrons. The first-order chi connectivity index (χ1) is 11.8. The molecule has 0 aliphatic heterocycles. The molecule has 2 aromatic rings. The van der Waals surface area contributed by atoms with Crippen LogP contribution in [0.4, 0.5) is 11.6 Å². The molecule has 25 heavy (non-hydrogen) atoms. The zero-order chi connectivity index (χ0) is 18.7. The van der Waals surface area contributed by atoms with E-state index >= 15 is 0 Å². The predicted octanol–water partition coefficient (Wildman–Crippen LogP) is -2.09. The van der Waals surface area contributed by atoms with Crippen molar-refractivity contribution in [1.82, 2.24) is 24.1 Å². The number of nitrogen functional groups attached to an aromatic ring is 1. The van der Waals surface area contributed by atoms with Crippen LogP contribution in [0.15, 0.2) is 20.6 Å². The van der Waals surface area contributed by atoms with E-state index < -0.39 is 17.5 Å². The van der Waals surface area contributed by atoms with Crippen LogP contribution < -0.4 is 22.7 Å². The minimum atomic E-state index is -0.562. The Morgan fingerprint density at radius 3 is 2.52 bits per heavy atom. The third kappa shape index (κ3) is 3.59. The first-order valence-corrected chi connectivity index (χ1v) is 7.16. The van der Waals surface area contributed by atoms with Crippen LogP contribution in [0.1, 0.15) is 5.69 Å². The number of aliphatic imine (C=N–C) groups is 1. The molecule has 0 aliphatic rings. The second-order valence-electron chi connectivity index (χ2n) is 5.14. The van der Waals surface area contributed by atoms with Crippen molar-refractivity contribution in [2.24, 2.45) is 24.8 Å². The van der Waals surface area contributed by atoms with E-state index in [1.54, 1.807) is 0 Å². The number of methoxy groups -OCH3 is 2. The lowest BCUT2D eigenvalue weighted by Gasteiger charge is -2.13. The number of hydrogen-bond donors (Lipinski definition) is 2. The fraction of sp³-hybridized carbons (Fsp3) is 0.462. The third-order valence-electron chi connectivity index (χ3n) is 3.60. The summed E-state index contributed by atoms with van der Waals surface area (Å²) in [6, 6.07) is 1.18. The second-order valence-corrected chi connectivity index (χ2v) is 5.14. The van der Waals surface area contributed by atoms with Crippen LogP contribution in [-0.4, -0.2) is 50.5 Å². The maximum atomic E-state index is 11.9. The van der Waals surface area contributed by atoms with Crippen molar-refractivity contribution in [3.8, 4) is 0 Å². The number of nitrogens with two attached hydrogens (primary N) is 2. The zero-order valence-electron chi connectivity index (χ0n) is 14.3. The maximum Gasteiger partial charge on any atom is 0.332 e. The molecule has 0 bridgehead atoms. The molecule has 0 amide bonds. The third-order valence-corrected chi connectivity index (χ3v) is 3.60. The highest BCUT2D eigenvalue weighted by atomic mass is 16.7. The monoisotopic (exact) mass is 352 g/mol. The zero-order valence-corrected chi connectivity index (χ0v) is 14.3. The lowest BCUT2D eigenvalue weighted by molar-refractivity contribution is -0.112. The van der Waals surface area contributed by atoms with E-state index in [1.807, 2.05) is 0 Å². The van der Waals surface area contributed by atoms with E-state index in [2.05, 4.69) is 15.3 Å². The number of anilines is 1. The van der Waals surface area contributed by atoms with Gasteiger partial charge in [-0.25, -0.2) is 14.5 Å². The molecule has 0 atom stereocenters. The average molecular weight is 352 g/mol. The first kappa shape index (κ1) is 18.4. The van der Waals surface area contributed by atoms with Gasteiger partial charge in [0, 0.05) is 34.4 Å². The van der Waals surface area contributed by atoms with Crippen LogP contribution >= 0.6 is 0 Å². The number of hydrogen-bond acceptors (Lipinski definition) is 8. The van der Waals surface area contributed by atoms with Crippen LogP contribution in [-0.2, 0) is 30.1 Å². The highest BCUT2D eigenvalue weighted by Crippen LogP contribution is 2.12. The Labute approximate surface area is 142 Å². The van der Waals surface area contributed by atoms with E-state index in [0.29, 0.717) is 0 Å². The Kier molecular flexibility index (Phi) is 5.34. The summed E-state index contributed by atoms with van der Waals surface area (Å²) < 4.78 is 13.6. The molecule has 0 saturated heterocycles. The topological polar surface area (TPSA) is 158 Å². The molecule has 4 N–H and O–H groups in total. The van der Waals surface area contributed by atoms with Crippen molar-refractivity contribution in [3.05, 3.63) is 32.6 Å². The van der Waals surface area contributed by atoms with Crippen molar-refractivity contribution in [2.45, 2.75) is 12.8 Å². The summed E-state index contributed by atoms with van der Waals surface area (Å²) in [5.41, 5.74) is 11.0. The smallest absolute Gasteiger partial charge is 0.332 e. The molecular weight excluding hydrogens is 332 g/mol. The van der Waals surface area contributed by atoms with Gasteiger partial charge < -0.3 is 20.9 Å². The van der Waals surface area contributed by atoms with Gasteiger partial charge in [0.05, 0.1) is 6.54 Å². The van der Waals surface area contributed by atoms with Crippen LogP contribution in [0.2, 0.25) is 0 Å². The number of amidine groups is 1. The van der Waals surface area contributed by atoms with Gasteiger partial charge in [0.25, 0.3) is 5.56 Å². The van der Waals surface area contributed by atoms with Crippen LogP contribution in [0, 0.1) is 0 Å². The van der Waals surface area contributed by atoms with Gasteiger partial charge in [-0.2, -0.15) is 0 Å². The molecule has 12 nitrogen and oxygen atoms in total. The quantitative estimate of drug-likeness (QED) is 0.340. The summed E-state index contributed by atoms with van der Waals surface area (Å²) in [6.45, 7) is 0.198. The van der Waals surface area contributed by atoms with E-state index in [9.17, 15) is 9.59 Å². The SMILES string of the molecule is COC(Cn1nnc(C(N)=Nc2cc(=O)n(C)c(=O)n2C)c1N)OC. The number of aromatic nitrogens is 5. The molecule has 2 rings (SSSR count). The maximum absolute atomic E-state index is 11.9. The number of rotatable bonds is 6. The Bertz CT molecular complexity index is 906. The van der Waals surface area contributed by atoms with Crippen LogP contribution in [0.5, 0.6) is 0 Å². The standard InChI is InChI=1S/C13H20N8O4/c1-19-7(5-8(22)20(2)13(19)23)16-11(14)10-12(15)21(18-17-10)6-9(24-3)25-4/h5,9H,6,15H2,1-4H3,(H2,14,16). The summed E-state index contributed by atoms with van der Waals surface area (Å²) in [7, 11) is 5.80. The Morgan fingerprint density at radius 2 is 1.92 bits per heavy atom. The molecule has 12 heteroatoms. The van der Waals surface area contributed by atoms with Gasteiger partial charge in [-0.1, -0.05) is 5.21 Å². The molecule has 0 spiro atoms. The highest BCUT2D eigenvalue weighted by Gasteiger charge is 2.17. The summed E-state index contributed by atoms with van der Waals surface area (Å²) >= 11 is 0. The molecule has 2 aromatic heterocycles. The number of nitrogens with zero attached hydrogens (tertiary/aromatic N) is 6. The highest BCUT2D eigenvalue weighted by molar-refractivity contribution is 6.00. The van der Waals surface area contributed by atoms with Gasteiger partial charge >= 0.3 is 5.69 Å². The molecular formula is C13H20N8O4. The number of ether oxygens (including phenoxy) is 2. The summed E-state index contributed by atoms with van der Waals surface area (Å²) in [5.74, 6) is 0.138. The van der Waals surface area contributed by atoms with E-state index in [-0.39, 0.29) is 29.7 Å². The van der Waals surface area contributed by atoms with Crippen LogP contribution in [0.3, 0.4) is 0 Å². The fourth-order valence-electron chi connectivity index (χ4n) is 2.03. The molecule has 2 heterocycles. The van der Waals surface area contributed by atoms with Gasteiger partial charge in [0.15, 0.2) is 23.6 Å². The van der Waals surface area contributed by atoms with E-state index in [4.69, 9.17) is 20.9 Å². The summed E-state index contributed by atoms with van der Waals surface area (Å²) in [5, 5.41) is 7.75. The van der Waals surface area contributed by atoms with Gasteiger partial charge in [0.2, 0.25) is 0 Å². The molecule has 0 saturated carbocycles. The second kappa shape index (κ2) is 7.27. The van der Waals surface area contributed by atoms with Crippen molar-refractivity contribution >= 4 is 17.5 Å². The van der Waals surface area contributed by atoms with Crippen molar-refractivity contribution in [3.63, 3.8) is 0 Å². The van der Waals surface area contributed by atoms with E-state index in [0.717, 1.165) is 4.57 Å².